The molecule has 1 saturated heterocycles. The third-order valence-corrected chi connectivity index (χ3v) is 7.92. The Morgan fingerprint density at radius 3 is 2.18 bits per heavy atom. The summed E-state index contributed by atoms with van der Waals surface area (Å²) >= 11 is 0. The number of hydroxylamine groups is 1. The maximum Gasteiger partial charge on any atom is 0.225 e. The van der Waals surface area contributed by atoms with Gasteiger partial charge in [0.2, 0.25) is 5.95 Å². The topological polar surface area (TPSA) is 70.5 Å². The van der Waals surface area contributed by atoms with Gasteiger partial charge in [-0.05, 0) is 92.0 Å². The second-order valence-corrected chi connectivity index (χ2v) is 10.7. The van der Waals surface area contributed by atoms with Gasteiger partial charge in [0.25, 0.3) is 0 Å². The van der Waals surface area contributed by atoms with Crippen LogP contribution in [0.25, 0.3) is 5.57 Å². The molecule has 0 bridgehead atoms. The zero-order valence-electron chi connectivity index (χ0n) is 24.2. The molecular formula is C32H52N4O2. The first-order valence-electron chi connectivity index (χ1n) is 15.0. The molecule has 2 heterocycles. The Morgan fingerprint density at radius 2 is 1.66 bits per heavy atom. The number of aromatic nitrogens is 2. The first kappa shape index (κ1) is 30.1. The van der Waals surface area contributed by atoms with Gasteiger partial charge in [-0.15, -0.1) is 0 Å². The van der Waals surface area contributed by atoms with Crippen LogP contribution < -0.4 is 15.1 Å². The van der Waals surface area contributed by atoms with Crippen molar-refractivity contribution in [3.8, 4) is 5.75 Å². The molecule has 1 aromatic heterocycles. The second-order valence-electron chi connectivity index (χ2n) is 10.7. The lowest BCUT2D eigenvalue weighted by molar-refractivity contribution is 0.128. The molecule has 1 unspecified atom stereocenters. The van der Waals surface area contributed by atoms with Crippen LogP contribution in [-0.2, 0) is 6.42 Å². The standard InChI is InChI=1S/C25H33N3O.C5H11NO.C2H6.H2/c1-3-20-16-26-25(27-17-20)28-14-12-21(13-15-28)18-29-24-10-8-23(9-11-24)22-6-4-19(2)5-7-22;7-6-5-3-1-2-4-5;1-2;/h6,8-11,16-17,19,21H,3-5,7,12-15,18H2,1-2H3;5-7H,1-4H2;1-2H3;1H. The van der Waals surface area contributed by atoms with E-state index in [4.69, 9.17) is 9.94 Å². The predicted molar refractivity (Wildman–Crippen MR) is 160 cm³/mol. The first-order valence-corrected chi connectivity index (χ1v) is 15.0. The molecule has 6 nitrogen and oxygen atoms in total. The van der Waals surface area contributed by atoms with Crippen LogP contribution in [0.3, 0.4) is 0 Å². The maximum absolute atomic E-state index is 8.32. The number of hydrogen-bond acceptors (Lipinski definition) is 6. The molecule has 1 atom stereocenters. The van der Waals surface area contributed by atoms with E-state index in [-0.39, 0.29) is 1.43 Å². The van der Waals surface area contributed by atoms with E-state index < -0.39 is 0 Å². The Hall–Kier alpha value is -2.44. The smallest absolute Gasteiger partial charge is 0.225 e. The van der Waals surface area contributed by atoms with Crippen molar-refractivity contribution in [1.29, 1.82) is 0 Å². The van der Waals surface area contributed by atoms with Gasteiger partial charge in [0.05, 0.1) is 6.61 Å². The summed E-state index contributed by atoms with van der Waals surface area (Å²) in [7, 11) is 0. The predicted octanol–water partition coefficient (Wildman–Crippen LogP) is 7.72. The van der Waals surface area contributed by atoms with Crippen LogP contribution in [0.2, 0.25) is 0 Å². The molecular weight excluding hydrogens is 472 g/mol. The normalized spacial score (nSPS) is 20.1. The highest BCUT2D eigenvalue weighted by Crippen LogP contribution is 2.31. The lowest BCUT2D eigenvalue weighted by atomic mass is 9.88. The van der Waals surface area contributed by atoms with Crippen molar-refractivity contribution in [1.82, 2.24) is 15.4 Å². The van der Waals surface area contributed by atoms with E-state index in [1.807, 2.05) is 26.2 Å². The fourth-order valence-corrected chi connectivity index (χ4v) is 5.26. The Bertz CT molecular complexity index is 938. The van der Waals surface area contributed by atoms with E-state index in [9.17, 15) is 0 Å². The summed E-state index contributed by atoms with van der Waals surface area (Å²) in [6.07, 6.45) is 18.1. The van der Waals surface area contributed by atoms with Crippen molar-refractivity contribution in [3.05, 3.63) is 53.9 Å². The number of hydrogen-bond donors (Lipinski definition) is 2. The molecule has 2 aromatic rings. The lowest BCUT2D eigenvalue weighted by Crippen LogP contribution is -2.36. The summed E-state index contributed by atoms with van der Waals surface area (Å²) in [6, 6.07) is 9.10. The monoisotopic (exact) mass is 524 g/mol. The molecule has 1 aliphatic heterocycles. The minimum Gasteiger partial charge on any atom is -0.493 e. The van der Waals surface area contributed by atoms with Crippen molar-refractivity contribution in [2.24, 2.45) is 11.8 Å². The maximum atomic E-state index is 8.32. The Balaban J connectivity index is 0.000000459. The fraction of sp³-hybridized carbons (Fsp3) is 0.625. The molecule has 6 heteroatoms. The van der Waals surface area contributed by atoms with E-state index in [0.717, 1.165) is 69.4 Å². The highest BCUT2D eigenvalue weighted by Gasteiger charge is 2.21. The van der Waals surface area contributed by atoms with Gasteiger partial charge >= 0.3 is 0 Å². The Labute approximate surface area is 232 Å². The zero-order chi connectivity index (χ0) is 27.2. The number of ether oxygens (including phenoxy) is 1. The van der Waals surface area contributed by atoms with Crippen LogP contribution in [0, 0.1) is 11.8 Å². The Kier molecular flexibility index (Phi) is 13.1. The van der Waals surface area contributed by atoms with E-state index in [1.54, 1.807) is 0 Å². The van der Waals surface area contributed by atoms with Crippen molar-refractivity contribution in [2.75, 3.05) is 24.6 Å². The highest BCUT2D eigenvalue weighted by atomic mass is 16.5. The van der Waals surface area contributed by atoms with Gasteiger partial charge in [-0.3, -0.25) is 0 Å². The van der Waals surface area contributed by atoms with E-state index >= 15 is 0 Å². The van der Waals surface area contributed by atoms with Gasteiger partial charge in [-0.2, -0.15) is 0 Å². The van der Waals surface area contributed by atoms with E-state index in [0.29, 0.717) is 12.0 Å². The molecule has 2 aliphatic carbocycles. The Morgan fingerprint density at radius 1 is 1.00 bits per heavy atom. The zero-order valence-corrected chi connectivity index (χ0v) is 24.2. The minimum absolute atomic E-state index is 0. The number of nitrogens with zero attached hydrogens (tertiary/aromatic N) is 3. The number of benzene rings is 1. The van der Waals surface area contributed by atoms with Crippen LogP contribution in [0.4, 0.5) is 5.95 Å². The number of allylic oxidation sites excluding steroid dienone is 2. The average molecular weight is 525 g/mol. The molecule has 5 rings (SSSR count). The number of nitrogens with one attached hydrogen (secondary N) is 1. The summed E-state index contributed by atoms with van der Waals surface area (Å²) in [5.41, 5.74) is 6.31. The molecule has 2 fully saturated rings. The van der Waals surface area contributed by atoms with E-state index in [2.05, 4.69) is 64.5 Å². The van der Waals surface area contributed by atoms with Gasteiger partial charge in [-0.25, -0.2) is 15.4 Å². The molecule has 1 aromatic carbocycles. The van der Waals surface area contributed by atoms with Crippen molar-refractivity contribution in [3.63, 3.8) is 0 Å². The molecule has 38 heavy (non-hydrogen) atoms. The van der Waals surface area contributed by atoms with Crippen molar-refractivity contribution in [2.45, 2.75) is 97.9 Å². The van der Waals surface area contributed by atoms with Crippen LogP contribution >= 0.6 is 0 Å². The summed E-state index contributed by atoms with van der Waals surface area (Å²) < 4.78 is 6.11. The van der Waals surface area contributed by atoms with Crippen molar-refractivity contribution < 1.29 is 11.4 Å². The first-order chi connectivity index (χ1) is 18.6. The third kappa shape index (κ3) is 9.39. The van der Waals surface area contributed by atoms with Gasteiger partial charge in [0, 0.05) is 33.0 Å². The molecule has 212 valence electrons. The van der Waals surface area contributed by atoms with Crippen LogP contribution in [0.1, 0.15) is 98.0 Å². The molecule has 2 N–H and O–H groups in total. The van der Waals surface area contributed by atoms with Gasteiger partial charge in [-0.1, -0.05) is 58.7 Å². The average Bonchev–Trinajstić information content (AvgIpc) is 3.53. The molecule has 1 saturated carbocycles. The number of aryl methyl sites for hydroxylation is 1. The number of rotatable bonds is 7. The fourth-order valence-electron chi connectivity index (χ4n) is 5.26. The summed E-state index contributed by atoms with van der Waals surface area (Å²) in [5.74, 6) is 3.28. The van der Waals surface area contributed by atoms with Crippen LogP contribution in [0.5, 0.6) is 5.75 Å². The third-order valence-electron chi connectivity index (χ3n) is 7.92. The second kappa shape index (κ2) is 16.5. The van der Waals surface area contributed by atoms with Crippen LogP contribution in [0.15, 0.2) is 42.7 Å². The van der Waals surface area contributed by atoms with Gasteiger partial charge in [0.1, 0.15) is 5.75 Å². The SMILES string of the molecule is CC.CCc1cnc(N2CCC(COc3ccc(C4=CCC(C)CC4)cc3)CC2)nc1.ONC1CCCC1.[HH]. The largest absolute Gasteiger partial charge is 0.493 e. The molecule has 0 amide bonds. The molecule has 0 radical (unpaired) electrons. The van der Waals surface area contributed by atoms with Gasteiger partial charge < -0.3 is 14.8 Å². The number of piperidine rings is 1. The summed E-state index contributed by atoms with van der Waals surface area (Å²) in [6.45, 7) is 11.3. The molecule has 0 spiro atoms. The molecule has 3 aliphatic rings. The lowest BCUT2D eigenvalue weighted by Gasteiger charge is -2.31. The quantitative estimate of drug-likeness (QED) is 0.361. The van der Waals surface area contributed by atoms with Crippen molar-refractivity contribution >= 4 is 11.5 Å². The summed E-state index contributed by atoms with van der Waals surface area (Å²) in [5, 5.41) is 8.32. The van der Waals surface area contributed by atoms with Gasteiger partial charge in [0.15, 0.2) is 0 Å². The van der Waals surface area contributed by atoms with Crippen LogP contribution in [-0.4, -0.2) is 40.9 Å². The minimum atomic E-state index is 0. The number of anilines is 1. The summed E-state index contributed by atoms with van der Waals surface area (Å²) in [4.78, 5) is 11.3. The van der Waals surface area contributed by atoms with E-state index in [1.165, 1.54) is 48.8 Å². The highest BCUT2D eigenvalue weighted by molar-refractivity contribution is 5.66.